The summed E-state index contributed by atoms with van der Waals surface area (Å²) in [6.07, 6.45) is 3.42. The van der Waals surface area contributed by atoms with Crippen LogP contribution in [0.25, 0.3) is 0 Å². The standard InChI is InChI=1S/C41H49N2O8.ClH/c1-42-17-15-28-30(22-37(46-6)41-39(28)49-24-50-41)32(42)19-25-9-12-27(13-10-25)51-35-21-26(11-14-34(35)44-4)20-33-31-23-36(45-5)40(48-8)38(47-7)29(31)16-18-43(33,2)3;/h9-14,21-23,32-33H,15-20,24H2,1-8H3;1H/q+1;/p-1/t32-,33-;/m0./s1. The van der Waals surface area contributed by atoms with Crippen molar-refractivity contribution in [2.45, 2.75) is 37.8 Å². The summed E-state index contributed by atoms with van der Waals surface area (Å²) in [7, 11) is 15.1. The highest BCUT2D eigenvalue weighted by atomic mass is 35.5. The topological polar surface area (TPSA) is 77.1 Å². The third kappa shape index (κ3) is 6.75. The molecule has 0 radical (unpaired) electrons. The fourth-order valence-corrected chi connectivity index (χ4v) is 8.04. The van der Waals surface area contributed by atoms with Gasteiger partial charge in [-0.15, -0.1) is 0 Å². The van der Waals surface area contributed by atoms with E-state index in [2.05, 4.69) is 62.4 Å². The van der Waals surface area contributed by atoms with Gasteiger partial charge in [0.1, 0.15) is 11.8 Å². The number of methoxy groups -OCH3 is 5. The number of hydrogen-bond donors (Lipinski definition) is 0. The summed E-state index contributed by atoms with van der Waals surface area (Å²) < 4.78 is 47.8. The summed E-state index contributed by atoms with van der Waals surface area (Å²) in [5.74, 6) is 6.44. The van der Waals surface area contributed by atoms with Gasteiger partial charge in [0.2, 0.25) is 18.3 Å². The quantitative estimate of drug-likeness (QED) is 0.213. The normalized spacial score (nSPS) is 18.4. The monoisotopic (exact) mass is 732 g/mol. The van der Waals surface area contributed by atoms with Crippen LogP contribution in [0.4, 0.5) is 0 Å². The Hall–Kier alpha value is -4.51. The number of rotatable bonds is 11. The fourth-order valence-electron chi connectivity index (χ4n) is 8.04. The van der Waals surface area contributed by atoms with Gasteiger partial charge in [-0.25, -0.2) is 0 Å². The second-order valence-electron chi connectivity index (χ2n) is 14.1. The molecule has 0 aromatic heterocycles. The summed E-state index contributed by atoms with van der Waals surface area (Å²) in [5, 5.41) is 0. The van der Waals surface area contributed by atoms with E-state index in [1.54, 1.807) is 35.5 Å². The smallest absolute Gasteiger partial charge is 0.231 e. The highest BCUT2D eigenvalue weighted by Crippen LogP contribution is 2.50. The number of nitrogens with zero attached hydrogens (tertiary/aromatic N) is 2. The number of quaternary nitrogens is 1. The molecule has 0 amide bonds. The van der Waals surface area contributed by atoms with Crippen molar-refractivity contribution in [2.24, 2.45) is 0 Å². The molecule has 0 saturated carbocycles. The van der Waals surface area contributed by atoms with Crippen molar-refractivity contribution in [3.05, 3.63) is 88.0 Å². The molecule has 0 fully saturated rings. The molecule has 0 unspecified atom stereocenters. The molecule has 0 bridgehead atoms. The first-order valence-corrected chi connectivity index (χ1v) is 17.5. The summed E-state index contributed by atoms with van der Waals surface area (Å²) in [6, 6.07) is 19.2. The number of benzene rings is 4. The predicted octanol–water partition coefficient (Wildman–Crippen LogP) is 3.94. The molecular weight excluding hydrogens is 684 g/mol. The first kappa shape index (κ1) is 37.3. The van der Waals surface area contributed by atoms with E-state index in [1.807, 2.05) is 18.2 Å². The number of likely N-dealkylation sites (N-methyl/N-ethyl adjacent to an activating group) is 2. The third-order valence-electron chi connectivity index (χ3n) is 10.9. The SMILES string of the molecule is COc1ccc(C[C@H]2c3cc(OC)c(OC)c(OC)c3CC[N+]2(C)C)cc1Oc1ccc(C[C@H]2c3cc(OC)c4c(c3CCN2C)OCO4)cc1.[Cl-]. The van der Waals surface area contributed by atoms with E-state index in [4.69, 9.17) is 37.9 Å². The molecule has 4 aromatic rings. The van der Waals surface area contributed by atoms with Gasteiger partial charge in [0.05, 0.1) is 56.2 Å². The van der Waals surface area contributed by atoms with Crippen molar-refractivity contribution < 1.29 is 54.8 Å². The molecule has 0 N–H and O–H groups in total. The van der Waals surface area contributed by atoms with Crippen LogP contribution < -0.4 is 50.3 Å². The van der Waals surface area contributed by atoms with Gasteiger partial charge in [-0.3, -0.25) is 4.90 Å². The third-order valence-corrected chi connectivity index (χ3v) is 10.9. The minimum atomic E-state index is 0. The van der Waals surface area contributed by atoms with E-state index in [-0.39, 0.29) is 31.3 Å². The van der Waals surface area contributed by atoms with Gasteiger partial charge in [0, 0.05) is 42.1 Å². The first-order valence-electron chi connectivity index (χ1n) is 17.5. The molecule has 2 atom stereocenters. The molecule has 0 saturated heterocycles. The van der Waals surface area contributed by atoms with Crippen molar-refractivity contribution in [3.8, 4) is 51.7 Å². The zero-order valence-electron chi connectivity index (χ0n) is 31.3. The molecule has 3 heterocycles. The molecule has 10 nitrogen and oxygen atoms in total. The Morgan fingerprint density at radius 1 is 0.673 bits per heavy atom. The second kappa shape index (κ2) is 15.2. The van der Waals surface area contributed by atoms with Crippen molar-refractivity contribution in [1.82, 2.24) is 4.90 Å². The molecule has 0 aliphatic carbocycles. The van der Waals surface area contributed by atoms with E-state index < -0.39 is 0 Å². The molecule has 11 heteroatoms. The molecule has 0 spiro atoms. The zero-order chi connectivity index (χ0) is 35.9. The van der Waals surface area contributed by atoms with Crippen LogP contribution in [0.2, 0.25) is 0 Å². The maximum Gasteiger partial charge on any atom is 0.231 e. The summed E-state index contributed by atoms with van der Waals surface area (Å²) >= 11 is 0. The van der Waals surface area contributed by atoms with Crippen LogP contribution in [0.5, 0.6) is 51.7 Å². The molecule has 3 aliphatic heterocycles. The van der Waals surface area contributed by atoms with Gasteiger partial charge in [0.15, 0.2) is 34.5 Å². The lowest BCUT2D eigenvalue weighted by Gasteiger charge is -2.43. The lowest BCUT2D eigenvalue weighted by atomic mass is 9.86. The number of hydrogen-bond acceptors (Lipinski definition) is 9. The highest BCUT2D eigenvalue weighted by Gasteiger charge is 2.39. The van der Waals surface area contributed by atoms with E-state index in [0.29, 0.717) is 28.7 Å². The average Bonchev–Trinajstić information content (AvgIpc) is 3.64. The van der Waals surface area contributed by atoms with Crippen LogP contribution in [0.3, 0.4) is 0 Å². The molecule has 4 aromatic carbocycles. The average molecular weight is 733 g/mol. The van der Waals surface area contributed by atoms with E-state index in [1.165, 1.54) is 27.8 Å². The highest BCUT2D eigenvalue weighted by molar-refractivity contribution is 5.62. The van der Waals surface area contributed by atoms with Gasteiger partial charge in [-0.05, 0) is 73.0 Å². The minimum absolute atomic E-state index is 0. The van der Waals surface area contributed by atoms with Crippen molar-refractivity contribution in [2.75, 3.05) is 76.6 Å². The van der Waals surface area contributed by atoms with Gasteiger partial charge in [0.25, 0.3) is 0 Å². The first-order chi connectivity index (χ1) is 24.7. The zero-order valence-corrected chi connectivity index (χ0v) is 32.1. The Morgan fingerprint density at radius 3 is 2.04 bits per heavy atom. The Bertz CT molecular complexity index is 1910. The predicted molar refractivity (Wildman–Crippen MR) is 195 cm³/mol. The second-order valence-corrected chi connectivity index (χ2v) is 14.1. The van der Waals surface area contributed by atoms with Gasteiger partial charge < -0.3 is 54.8 Å². The van der Waals surface area contributed by atoms with E-state index >= 15 is 0 Å². The number of halogens is 1. The van der Waals surface area contributed by atoms with Crippen molar-refractivity contribution in [3.63, 3.8) is 0 Å². The summed E-state index contributed by atoms with van der Waals surface area (Å²) in [4.78, 5) is 2.40. The van der Waals surface area contributed by atoms with Crippen LogP contribution >= 0.6 is 0 Å². The van der Waals surface area contributed by atoms with E-state index in [9.17, 15) is 0 Å². The maximum absolute atomic E-state index is 6.51. The number of ether oxygens (including phenoxy) is 8. The molecule has 278 valence electrons. The lowest BCUT2D eigenvalue weighted by molar-refractivity contribution is -0.923. The number of fused-ring (bicyclic) bond motifs is 4. The van der Waals surface area contributed by atoms with Crippen LogP contribution in [-0.4, -0.2) is 86.0 Å². The van der Waals surface area contributed by atoms with Crippen LogP contribution in [0, 0.1) is 0 Å². The lowest BCUT2D eigenvalue weighted by Crippen LogP contribution is -3.00. The van der Waals surface area contributed by atoms with Crippen molar-refractivity contribution >= 4 is 0 Å². The van der Waals surface area contributed by atoms with Crippen molar-refractivity contribution in [1.29, 1.82) is 0 Å². The van der Waals surface area contributed by atoms with Gasteiger partial charge >= 0.3 is 0 Å². The summed E-state index contributed by atoms with van der Waals surface area (Å²) in [5.41, 5.74) is 7.19. The Labute approximate surface area is 313 Å². The van der Waals surface area contributed by atoms with Crippen LogP contribution in [0.1, 0.15) is 45.5 Å². The summed E-state index contributed by atoms with van der Waals surface area (Å²) in [6.45, 7) is 2.13. The van der Waals surface area contributed by atoms with Gasteiger partial charge in [-0.2, -0.15) is 0 Å². The van der Waals surface area contributed by atoms with E-state index in [0.717, 1.165) is 71.8 Å². The largest absolute Gasteiger partial charge is 1.00 e. The molecular formula is C41H49ClN2O8. The fraction of sp³-hybridized carbons (Fsp3) is 0.415. The Kier molecular flexibility index (Phi) is 10.9. The Balaban J connectivity index is 0.00000464. The molecule has 52 heavy (non-hydrogen) atoms. The molecule has 7 rings (SSSR count). The van der Waals surface area contributed by atoms with Crippen LogP contribution in [-0.2, 0) is 25.7 Å². The maximum atomic E-state index is 6.51. The molecule has 3 aliphatic rings. The van der Waals surface area contributed by atoms with Crippen LogP contribution in [0.15, 0.2) is 54.6 Å². The minimum Gasteiger partial charge on any atom is -1.00 e. The Morgan fingerprint density at radius 2 is 1.35 bits per heavy atom. The van der Waals surface area contributed by atoms with Gasteiger partial charge in [-0.1, -0.05) is 18.2 Å².